The van der Waals surface area contributed by atoms with E-state index < -0.39 is 5.60 Å². The molecule has 1 aliphatic carbocycles. The Morgan fingerprint density at radius 2 is 2.14 bits per heavy atom. The second-order valence-electron chi connectivity index (χ2n) is 4.34. The molecule has 0 bridgehead atoms. The molecular formula is C9H13N3OS. The molecule has 5 heteroatoms. The van der Waals surface area contributed by atoms with Gasteiger partial charge in [-0.25, -0.2) is 0 Å². The molecule has 2 fully saturated rings. The van der Waals surface area contributed by atoms with Crippen LogP contribution in [0.2, 0.25) is 0 Å². The lowest BCUT2D eigenvalue weighted by Gasteiger charge is -2.46. The molecule has 0 spiro atoms. The van der Waals surface area contributed by atoms with Crippen molar-refractivity contribution in [3.8, 4) is 0 Å². The highest BCUT2D eigenvalue weighted by Crippen LogP contribution is 2.45. The molecule has 2 aliphatic rings. The van der Waals surface area contributed by atoms with Gasteiger partial charge in [-0.3, -0.25) is 0 Å². The fourth-order valence-corrected chi connectivity index (χ4v) is 2.73. The number of aliphatic hydroxyl groups is 1. The summed E-state index contributed by atoms with van der Waals surface area (Å²) in [5, 5.41) is 20.1. The molecule has 76 valence electrons. The molecule has 1 N–H and O–H groups in total. The Bertz CT molecular complexity index is 355. The molecular weight excluding hydrogens is 198 g/mol. The van der Waals surface area contributed by atoms with E-state index in [0.717, 1.165) is 23.2 Å². The van der Waals surface area contributed by atoms with Crippen LogP contribution < -0.4 is 4.90 Å². The highest BCUT2D eigenvalue weighted by atomic mass is 32.1. The smallest absolute Gasteiger partial charge is 0.208 e. The van der Waals surface area contributed by atoms with Crippen LogP contribution in [0.1, 0.15) is 17.8 Å². The number of hydrogen-bond acceptors (Lipinski definition) is 5. The number of nitrogens with zero attached hydrogens (tertiary/aromatic N) is 3. The minimum atomic E-state index is -0.417. The van der Waals surface area contributed by atoms with Crippen molar-refractivity contribution in [2.75, 3.05) is 18.0 Å². The van der Waals surface area contributed by atoms with E-state index in [0.29, 0.717) is 5.92 Å². The normalized spacial score (nSPS) is 24.9. The van der Waals surface area contributed by atoms with Crippen molar-refractivity contribution in [2.24, 2.45) is 5.92 Å². The molecule has 1 saturated carbocycles. The first-order valence-corrected chi connectivity index (χ1v) is 5.76. The molecule has 0 aromatic carbocycles. The van der Waals surface area contributed by atoms with E-state index in [4.69, 9.17) is 0 Å². The fraction of sp³-hybridized carbons (Fsp3) is 0.778. The largest absolute Gasteiger partial charge is 0.386 e. The predicted octanol–water partition coefficient (Wildman–Crippen LogP) is 0.808. The van der Waals surface area contributed by atoms with Crippen LogP contribution in [0.5, 0.6) is 0 Å². The molecule has 3 rings (SSSR count). The van der Waals surface area contributed by atoms with Crippen LogP contribution in [0.25, 0.3) is 0 Å². The second kappa shape index (κ2) is 2.67. The Morgan fingerprint density at radius 1 is 1.43 bits per heavy atom. The summed E-state index contributed by atoms with van der Waals surface area (Å²) >= 11 is 1.60. The standard InChI is InChI=1S/C9H13N3OS/c1-6-10-11-8(14-6)12-4-9(13,5-12)7-2-3-7/h7,13H,2-5H2,1H3. The molecule has 0 radical (unpaired) electrons. The van der Waals surface area contributed by atoms with Crippen molar-refractivity contribution < 1.29 is 5.11 Å². The third-order valence-corrected chi connectivity index (χ3v) is 3.95. The maximum absolute atomic E-state index is 10.1. The third kappa shape index (κ3) is 1.23. The monoisotopic (exact) mass is 211 g/mol. The van der Waals surface area contributed by atoms with E-state index in [9.17, 15) is 5.11 Å². The van der Waals surface area contributed by atoms with Gasteiger partial charge >= 0.3 is 0 Å². The van der Waals surface area contributed by atoms with Crippen LogP contribution >= 0.6 is 11.3 Å². The van der Waals surface area contributed by atoms with Gasteiger partial charge in [0, 0.05) is 0 Å². The lowest BCUT2D eigenvalue weighted by molar-refractivity contribution is -0.00937. The van der Waals surface area contributed by atoms with Crippen LogP contribution in [0.4, 0.5) is 5.13 Å². The average Bonchev–Trinajstić information content (AvgIpc) is 2.85. The summed E-state index contributed by atoms with van der Waals surface area (Å²) in [6.07, 6.45) is 2.39. The summed E-state index contributed by atoms with van der Waals surface area (Å²) < 4.78 is 0. The molecule has 1 saturated heterocycles. The van der Waals surface area contributed by atoms with Crippen molar-refractivity contribution in [2.45, 2.75) is 25.4 Å². The van der Waals surface area contributed by atoms with Crippen molar-refractivity contribution in [1.29, 1.82) is 0 Å². The first-order chi connectivity index (χ1) is 6.67. The molecule has 1 aliphatic heterocycles. The number of aryl methyl sites for hydroxylation is 1. The van der Waals surface area contributed by atoms with Gasteiger partial charge in [0.15, 0.2) is 0 Å². The van der Waals surface area contributed by atoms with Gasteiger partial charge in [0.05, 0.1) is 13.1 Å². The van der Waals surface area contributed by atoms with Gasteiger partial charge in [0.2, 0.25) is 5.13 Å². The minimum Gasteiger partial charge on any atom is -0.386 e. The number of rotatable bonds is 2. The molecule has 0 unspecified atom stereocenters. The first kappa shape index (κ1) is 8.61. The highest BCUT2D eigenvalue weighted by Gasteiger charge is 2.52. The van der Waals surface area contributed by atoms with E-state index in [2.05, 4.69) is 15.1 Å². The average molecular weight is 211 g/mol. The number of β-amino-alcohol motifs (C(OH)–C–C–N with tert-alkyl or cyclic N) is 1. The van der Waals surface area contributed by atoms with E-state index >= 15 is 0 Å². The molecule has 4 nitrogen and oxygen atoms in total. The van der Waals surface area contributed by atoms with Crippen molar-refractivity contribution >= 4 is 16.5 Å². The van der Waals surface area contributed by atoms with Gasteiger partial charge in [0.1, 0.15) is 10.6 Å². The van der Waals surface area contributed by atoms with Crippen LogP contribution in [0.3, 0.4) is 0 Å². The van der Waals surface area contributed by atoms with Gasteiger partial charge in [-0.05, 0) is 25.7 Å². The molecule has 14 heavy (non-hydrogen) atoms. The van der Waals surface area contributed by atoms with Crippen molar-refractivity contribution in [3.05, 3.63) is 5.01 Å². The Labute approximate surface area is 86.6 Å². The van der Waals surface area contributed by atoms with E-state index in [1.807, 2.05) is 6.92 Å². The van der Waals surface area contributed by atoms with Crippen LogP contribution in [-0.2, 0) is 0 Å². The van der Waals surface area contributed by atoms with Crippen molar-refractivity contribution in [1.82, 2.24) is 10.2 Å². The van der Waals surface area contributed by atoms with Gasteiger partial charge in [-0.1, -0.05) is 11.3 Å². The van der Waals surface area contributed by atoms with E-state index in [-0.39, 0.29) is 0 Å². The van der Waals surface area contributed by atoms with Crippen molar-refractivity contribution in [3.63, 3.8) is 0 Å². The zero-order chi connectivity index (χ0) is 9.76. The van der Waals surface area contributed by atoms with Crippen LogP contribution in [-0.4, -0.2) is 34.0 Å². The maximum atomic E-state index is 10.1. The first-order valence-electron chi connectivity index (χ1n) is 4.95. The molecule has 1 aromatic rings. The molecule has 0 amide bonds. The number of anilines is 1. The van der Waals surface area contributed by atoms with E-state index in [1.165, 1.54) is 12.8 Å². The van der Waals surface area contributed by atoms with Crippen LogP contribution in [0.15, 0.2) is 0 Å². The molecule has 0 atom stereocenters. The summed E-state index contributed by atoms with van der Waals surface area (Å²) in [6, 6.07) is 0. The van der Waals surface area contributed by atoms with Gasteiger partial charge < -0.3 is 10.0 Å². The summed E-state index contributed by atoms with van der Waals surface area (Å²) in [7, 11) is 0. The highest BCUT2D eigenvalue weighted by molar-refractivity contribution is 7.15. The lowest BCUT2D eigenvalue weighted by Crippen LogP contribution is -2.63. The lowest BCUT2D eigenvalue weighted by atomic mass is 9.89. The Hall–Kier alpha value is -0.680. The quantitative estimate of drug-likeness (QED) is 0.786. The zero-order valence-electron chi connectivity index (χ0n) is 8.10. The summed E-state index contributed by atoms with van der Waals surface area (Å²) in [6.45, 7) is 3.44. The zero-order valence-corrected chi connectivity index (χ0v) is 8.92. The number of aromatic nitrogens is 2. The SMILES string of the molecule is Cc1nnc(N2CC(O)(C3CC3)C2)s1. The number of hydrogen-bond donors (Lipinski definition) is 1. The Balaban J connectivity index is 1.68. The summed E-state index contributed by atoms with van der Waals surface area (Å²) in [4.78, 5) is 2.11. The Kier molecular flexibility index (Phi) is 1.64. The molecule has 2 heterocycles. The summed E-state index contributed by atoms with van der Waals surface area (Å²) in [5.41, 5.74) is -0.417. The Morgan fingerprint density at radius 3 is 2.64 bits per heavy atom. The van der Waals surface area contributed by atoms with Gasteiger partial charge in [0.25, 0.3) is 0 Å². The van der Waals surface area contributed by atoms with Gasteiger partial charge in [-0.15, -0.1) is 10.2 Å². The predicted molar refractivity (Wildman–Crippen MR) is 54.5 cm³/mol. The van der Waals surface area contributed by atoms with Crippen LogP contribution in [0, 0.1) is 12.8 Å². The van der Waals surface area contributed by atoms with E-state index in [1.54, 1.807) is 11.3 Å². The fourth-order valence-electron chi connectivity index (χ4n) is 2.04. The maximum Gasteiger partial charge on any atom is 0.208 e. The third-order valence-electron chi connectivity index (χ3n) is 3.05. The second-order valence-corrected chi connectivity index (χ2v) is 5.50. The topological polar surface area (TPSA) is 49.2 Å². The summed E-state index contributed by atoms with van der Waals surface area (Å²) in [5.74, 6) is 0.549. The van der Waals surface area contributed by atoms with Gasteiger partial charge in [-0.2, -0.15) is 0 Å². The molecule has 1 aromatic heterocycles. The minimum absolute atomic E-state index is 0.417.